The largest absolute Gasteiger partial charge is 0.494 e. The molecule has 0 amide bonds. The van der Waals surface area contributed by atoms with Gasteiger partial charge >= 0.3 is 5.97 Å². The Kier molecular flexibility index (Phi) is 6.48. The Morgan fingerprint density at radius 3 is 2.61 bits per heavy atom. The molecule has 2 rings (SSSR count). The summed E-state index contributed by atoms with van der Waals surface area (Å²) >= 11 is 5.87. The summed E-state index contributed by atoms with van der Waals surface area (Å²) in [6.45, 7) is 4.52. The number of esters is 1. The number of carbonyl (C=O) groups excluding carboxylic acids is 1. The van der Waals surface area contributed by atoms with Crippen LogP contribution in [0.5, 0.6) is 5.75 Å². The molecule has 0 aliphatic carbocycles. The van der Waals surface area contributed by atoms with Crippen LogP contribution in [0.4, 0.5) is 0 Å². The van der Waals surface area contributed by atoms with Gasteiger partial charge < -0.3 is 9.47 Å². The Hall–Kier alpha value is -2.00. The number of hydrogen-bond donors (Lipinski definition) is 0. The minimum absolute atomic E-state index is 0.164. The van der Waals surface area contributed by atoms with Gasteiger partial charge in [-0.3, -0.25) is 0 Å². The molecular formula is C19H21ClO3. The van der Waals surface area contributed by atoms with E-state index in [0.717, 1.165) is 18.6 Å². The van der Waals surface area contributed by atoms with Gasteiger partial charge in [-0.1, -0.05) is 35.4 Å². The average molecular weight is 333 g/mol. The van der Waals surface area contributed by atoms with Crippen LogP contribution in [0.15, 0.2) is 48.5 Å². The number of benzene rings is 2. The fraction of sp³-hybridized carbons (Fsp3) is 0.316. The summed E-state index contributed by atoms with van der Waals surface area (Å²) in [4.78, 5) is 12.0. The summed E-state index contributed by atoms with van der Waals surface area (Å²) in [7, 11) is 0. The van der Waals surface area contributed by atoms with Crippen LogP contribution in [-0.2, 0) is 4.74 Å². The van der Waals surface area contributed by atoms with Crippen LogP contribution >= 0.6 is 11.6 Å². The third-order valence-electron chi connectivity index (χ3n) is 3.41. The molecule has 4 heteroatoms. The molecule has 0 radical (unpaired) electrons. The van der Waals surface area contributed by atoms with Crippen LogP contribution < -0.4 is 4.74 Å². The molecule has 0 aliphatic heterocycles. The first kappa shape index (κ1) is 17.4. The molecule has 122 valence electrons. The molecule has 0 fully saturated rings. The van der Waals surface area contributed by atoms with Crippen LogP contribution in [0.2, 0.25) is 5.02 Å². The lowest BCUT2D eigenvalue weighted by Gasteiger charge is -2.13. The standard InChI is InChI=1S/C19H21ClO3/c1-14-8-10-18(11-9-14)22-12-4-5-15(2)23-19(21)16-6-3-7-17(20)13-16/h3,6-11,13,15H,4-5,12H2,1-2H3. The van der Waals surface area contributed by atoms with Gasteiger partial charge in [-0.05, 0) is 57.0 Å². The van der Waals surface area contributed by atoms with Crippen molar-refractivity contribution in [2.45, 2.75) is 32.8 Å². The molecular weight excluding hydrogens is 312 g/mol. The molecule has 23 heavy (non-hydrogen) atoms. The number of hydrogen-bond acceptors (Lipinski definition) is 3. The first-order chi connectivity index (χ1) is 11.0. The molecule has 0 heterocycles. The summed E-state index contributed by atoms with van der Waals surface area (Å²) in [6, 6.07) is 14.7. The second-order valence-electron chi connectivity index (χ2n) is 5.53. The SMILES string of the molecule is Cc1ccc(OCCCC(C)OC(=O)c2cccc(Cl)c2)cc1. The maximum absolute atomic E-state index is 12.0. The van der Waals surface area contributed by atoms with Gasteiger partial charge in [-0.25, -0.2) is 4.79 Å². The van der Waals surface area contributed by atoms with E-state index < -0.39 is 0 Å². The zero-order chi connectivity index (χ0) is 16.7. The molecule has 0 saturated carbocycles. The molecule has 0 spiro atoms. The van der Waals surface area contributed by atoms with Crippen molar-refractivity contribution < 1.29 is 14.3 Å². The smallest absolute Gasteiger partial charge is 0.338 e. The summed E-state index contributed by atoms with van der Waals surface area (Å²) in [5.74, 6) is 0.513. The first-order valence-electron chi connectivity index (χ1n) is 7.70. The number of rotatable bonds is 7. The van der Waals surface area contributed by atoms with Crippen molar-refractivity contribution in [2.75, 3.05) is 6.61 Å². The molecule has 0 saturated heterocycles. The summed E-state index contributed by atoms with van der Waals surface area (Å²) in [5.41, 5.74) is 1.68. The molecule has 2 aromatic rings. The predicted octanol–water partition coefficient (Wildman–Crippen LogP) is 5.05. The van der Waals surface area contributed by atoms with Crippen LogP contribution in [0.25, 0.3) is 0 Å². The number of ether oxygens (including phenoxy) is 2. The van der Waals surface area contributed by atoms with Crippen molar-refractivity contribution in [3.63, 3.8) is 0 Å². The summed E-state index contributed by atoms with van der Waals surface area (Å²) in [5, 5.41) is 0.526. The van der Waals surface area contributed by atoms with Gasteiger partial charge in [0, 0.05) is 5.02 Å². The molecule has 0 aromatic heterocycles. The van der Waals surface area contributed by atoms with Crippen molar-refractivity contribution in [1.29, 1.82) is 0 Å². The van der Waals surface area contributed by atoms with E-state index in [0.29, 0.717) is 17.2 Å². The van der Waals surface area contributed by atoms with Gasteiger partial charge in [-0.2, -0.15) is 0 Å². The van der Waals surface area contributed by atoms with Crippen molar-refractivity contribution >= 4 is 17.6 Å². The summed E-state index contributed by atoms with van der Waals surface area (Å²) < 4.78 is 11.1. The maximum atomic E-state index is 12.0. The van der Waals surface area contributed by atoms with E-state index >= 15 is 0 Å². The van der Waals surface area contributed by atoms with Crippen LogP contribution in [0.1, 0.15) is 35.7 Å². The van der Waals surface area contributed by atoms with E-state index in [1.54, 1.807) is 24.3 Å². The van der Waals surface area contributed by atoms with Gasteiger partial charge in [0.2, 0.25) is 0 Å². The van der Waals surface area contributed by atoms with Crippen molar-refractivity contribution in [3.8, 4) is 5.75 Å². The van der Waals surface area contributed by atoms with E-state index in [2.05, 4.69) is 0 Å². The second kappa shape index (κ2) is 8.59. The van der Waals surface area contributed by atoms with E-state index in [4.69, 9.17) is 21.1 Å². The molecule has 0 N–H and O–H groups in total. The lowest BCUT2D eigenvalue weighted by atomic mass is 10.2. The van der Waals surface area contributed by atoms with Gasteiger partial charge in [0.25, 0.3) is 0 Å². The Balaban J connectivity index is 1.69. The normalized spacial score (nSPS) is 11.8. The van der Waals surface area contributed by atoms with Crippen molar-refractivity contribution in [3.05, 3.63) is 64.7 Å². The highest BCUT2D eigenvalue weighted by Gasteiger charge is 2.12. The zero-order valence-corrected chi connectivity index (χ0v) is 14.2. The van der Waals surface area contributed by atoms with Crippen LogP contribution in [-0.4, -0.2) is 18.7 Å². The predicted molar refractivity (Wildman–Crippen MR) is 92.2 cm³/mol. The van der Waals surface area contributed by atoms with E-state index in [1.165, 1.54) is 5.56 Å². The highest BCUT2D eigenvalue weighted by Crippen LogP contribution is 2.15. The molecule has 1 unspecified atom stereocenters. The van der Waals surface area contributed by atoms with Crippen LogP contribution in [0, 0.1) is 6.92 Å². The van der Waals surface area contributed by atoms with E-state index in [-0.39, 0.29) is 12.1 Å². The van der Waals surface area contributed by atoms with Crippen LogP contribution in [0.3, 0.4) is 0 Å². The number of halogens is 1. The lowest BCUT2D eigenvalue weighted by Crippen LogP contribution is -2.16. The third-order valence-corrected chi connectivity index (χ3v) is 3.65. The third kappa shape index (κ3) is 5.95. The van der Waals surface area contributed by atoms with E-state index in [1.807, 2.05) is 38.1 Å². The number of aryl methyl sites for hydroxylation is 1. The fourth-order valence-corrected chi connectivity index (χ4v) is 2.31. The van der Waals surface area contributed by atoms with E-state index in [9.17, 15) is 4.79 Å². The quantitative estimate of drug-likeness (QED) is 0.525. The highest BCUT2D eigenvalue weighted by molar-refractivity contribution is 6.30. The Morgan fingerprint density at radius 2 is 1.91 bits per heavy atom. The van der Waals surface area contributed by atoms with Crippen molar-refractivity contribution in [1.82, 2.24) is 0 Å². The molecule has 2 aromatic carbocycles. The van der Waals surface area contributed by atoms with Crippen molar-refractivity contribution in [2.24, 2.45) is 0 Å². The second-order valence-corrected chi connectivity index (χ2v) is 5.97. The lowest BCUT2D eigenvalue weighted by molar-refractivity contribution is 0.0313. The number of carbonyl (C=O) groups is 1. The minimum Gasteiger partial charge on any atom is -0.494 e. The molecule has 0 aliphatic rings. The average Bonchev–Trinajstić information content (AvgIpc) is 2.53. The maximum Gasteiger partial charge on any atom is 0.338 e. The monoisotopic (exact) mass is 332 g/mol. The van der Waals surface area contributed by atoms with Gasteiger partial charge in [0.15, 0.2) is 0 Å². The van der Waals surface area contributed by atoms with Gasteiger partial charge in [0.05, 0.1) is 18.3 Å². The topological polar surface area (TPSA) is 35.5 Å². The highest BCUT2D eigenvalue weighted by atomic mass is 35.5. The van der Waals surface area contributed by atoms with Gasteiger partial charge in [-0.15, -0.1) is 0 Å². The zero-order valence-electron chi connectivity index (χ0n) is 13.4. The van der Waals surface area contributed by atoms with Gasteiger partial charge in [0.1, 0.15) is 5.75 Å². The molecule has 0 bridgehead atoms. The molecule has 1 atom stereocenters. The summed E-state index contributed by atoms with van der Waals surface area (Å²) in [6.07, 6.45) is 1.40. The first-order valence-corrected chi connectivity index (χ1v) is 8.08. The fourth-order valence-electron chi connectivity index (χ4n) is 2.12. The Morgan fingerprint density at radius 1 is 1.17 bits per heavy atom. The Bertz CT molecular complexity index is 637. The molecule has 3 nitrogen and oxygen atoms in total. The minimum atomic E-state index is -0.348. The Labute approximate surface area is 142 Å².